The normalized spacial score (nSPS) is 17.5. The van der Waals surface area contributed by atoms with Crippen molar-refractivity contribution in [2.75, 3.05) is 31.1 Å². The molecule has 0 saturated carbocycles. The summed E-state index contributed by atoms with van der Waals surface area (Å²) >= 11 is 1.41. The Morgan fingerprint density at radius 3 is 2.80 bits per heavy atom. The van der Waals surface area contributed by atoms with Crippen molar-refractivity contribution in [3.63, 3.8) is 0 Å². The predicted molar refractivity (Wildman–Crippen MR) is 124 cm³/mol. The van der Waals surface area contributed by atoms with Crippen LogP contribution < -0.4 is 10.2 Å². The van der Waals surface area contributed by atoms with Gasteiger partial charge in [-0.05, 0) is 57.8 Å². The fourth-order valence-electron chi connectivity index (χ4n) is 4.05. The van der Waals surface area contributed by atoms with Crippen molar-refractivity contribution in [2.24, 2.45) is 0 Å². The number of aromatic nitrogens is 2. The Labute approximate surface area is 184 Å². The van der Waals surface area contributed by atoms with Crippen molar-refractivity contribution in [1.82, 2.24) is 19.6 Å². The number of hydrogen-bond acceptors (Lipinski definition) is 6. The average Bonchev–Trinajstić information content (AvgIpc) is 3.41. The maximum atomic E-state index is 12.9. The van der Waals surface area contributed by atoms with E-state index >= 15 is 0 Å². The Balaban J connectivity index is 1.52. The molecule has 2 unspecified atom stereocenters. The number of benzene rings is 1. The number of rotatable bonds is 11. The Morgan fingerprint density at radius 2 is 2.07 bits per heavy atom. The van der Waals surface area contributed by atoms with Gasteiger partial charge in [0.05, 0.1) is 0 Å². The molecule has 1 aliphatic heterocycles. The van der Waals surface area contributed by atoms with Gasteiger partial charge in [0.1, 0.15) is 11.9 Å². The minimum Gasteiger partial charge on any atom is -0.352 e. The number of nitrogens with zero attached hydrogens (tertiary/aromatic N) is 4. The molecule has 1 saturated heterocycles. The Morgan fingerprint density at radius 1 is 1.30 bits per heavy atom. The van der Waals surface area contributed by atoms with E-state index in [4.69, 9.17) is 4.98 Å². The second-order valence-electron chi connectivity index (χ2n) is 8.09. The van der Waals surface area contributed by atoms with Crippen LogP contribution in [0.3, 0.4) is 0 Å². The zero-order valence-corrected chi connectivity index (χ0v) is 19.3. The van der Waals surface area contributed by atoms with Gasteiger partial charge in [0.15, 0.2) is 0 Å². The molecule has 1 fully saturated rings. The van der Waals surface area contributed by atoms with Crippen LogP contribution in [0.15, 0.2) is 30.3 Å². The van der Waals surface area contributed by atoms with Gasteiger partial charge in [0, 0.05) is 30.5 Å². The van der Waals surface area contributed by atoms with E-state index < -0.39 is 0 Å². The lowest BCUT2D eigenvalue weighted by Crippen LogP contribution is -2.46. The van der Waals surface area contributed by atoms with E-state index in [1.165, 1.54) is 17.1 Å². The van der Waals surface area contributed by atoms with Gasteiger partial charge in [-0.3, -0.25) is 4.79 Å². The van der Waals surface area contributed by atoms with Crippen molar-refractivity contribution < 1.29 is 4.79 Å². The molecule has 0 radical (unpaired) electrons. The summed E-state index contributed by atoms with van der Waals surface area (Å²) < 4.78 is 4.54. The highest BCUT2D eigenvalue weighted by Crippen LogP contribution is 2.28. The third-order valence-electron chi connectivity index (χ3n) is 5.86. The smallest absolute Gasteiger partial charge is 0.242 e. The van der Waals surface area contributed by atoms with Crippen LogP contribution in [0.5, 0.6) is 0 Å². The van der Waals surface area contributed by atoms with Crippen LogP contribution in [0, 0.1) is 0 Å². The zero-order chi connectivity index (χ0) is 21.3. The van der Waals surface area contributed by atoms with Crippen molar-refractivity contribution >= 4 is 22.6 Å². The first-order chi connectivity index (χ1) is 14.6. The highest BCUT2D eigenvalue weighted by atomic mass is 32.1. The lowest BCUT2D eigenvalue weighted by Gasteiger charge is -2.25. The van der Waals surface area contributed by atoms with Gasteiger partial charge in [0.25, 0.3) is 0 Å². The van der Waals surface area contributed by atoms with Crippen LogP contribution in [0.2, 0.25) is 0 Å². The summed E-state index contributed by atoms with van der Waals surface area (Å²) in [4.78, 5) is 22.2. The Kier molecular flexibility index (Phi) is 8.63. The molecule has 7 heteroatoms. The zero-order valence-electron chi connectivity index (χ0n) is 18.5. The van der Waals surface area contributed by atoms with Gasteiger partial charge >= 0.3 is 0 Å². The van der Waals surface area contributed by atoms with E-state index in [1.54, 1.807) is 0 Å². The van der Waals surface area contributed by atoms with Crippen molar-refractivity contribution in [1.29, 1.82) is 0 Å². The molecule has 0 bridgehead atoms. The van der Waals surface area contributed by atoms with Crippen LogP contribution in [0.1, 0.15) is 57.8 Å². The van der Waals surface area contributed by atoms with Gasteiger partial charge in [-0.2, -0.15) is 4.37 Å². The number of carbonyl (C=O) groups excluding carboxylic acids is 1. The predicted octanol–water partition coefficient (Wildman–Crippen LogP) is 3.72. The van der Waals surface area contributed by atoms with Gasteiger partial charge in [0.2, 0.25) is 11.0 Å². The van der Waals surface area contributed by atoms with E-state index in [0.717, 1.165) is 69.2 Å². The standard InChI is InChI=1S/C23H35N5OS/c1-4-27(5-2)15-9-11-18(3)24-22(29)20-14-10-16-28(20)23-25-21(26-30-23)17-19-12-7-6-8-13-19/h6-8,12-13,18,20H,4-5,9-11,14-17H2,1-3H3,(H,24,29). The van der Waals surface area contributed by atoms with Crippen molar-refractivity contribution in [3.05, 3.63) is 41.7 Å². The van der Waals surface area contributed by atoms with Gasteiger partial charge in [-0.1, -0.05) is 44.2 Å². The second kappa shape index (κ2) is 11.4. The third-order valence-corrected chi connectivity index (χ3v) is 6.65. The van der Waals surface area contributed by atoms with E-state index in [1.807, 2.05) is 18.2 Å². The molecule has 0 spiro atoms. The minimum atomic E-state index is -0.132. The first-order valence-electron chi connectivity index (χ1n) is 11.3. The highest BCUT2D eigenvalue weighted by Gasteiger charge is 2.33. The summed E-state index contributed by atoms with van der Waals surface area (Å²) in [5.41, 5.74) is 1.20. The summed E-state index contributed by atoms with van der Waals surface area (Å²) in [5, 5.41) is 4.10. The molecule has 1 aromatic carbocycles. The maximum absolute atomic E-state index is 12.9. The summed E-state index contributed by atoms with van der Waals surface area (Å²) in [6.07, 6.45) is 4.74. The van der Waals surface area contributed by atoms with E-state index in [9.17, 15) is 4.79 Å². The SMILES string of the molecule is CCN(CC)CCCC(C)NC(=O)C1CCCN1c1nc(Cc2ccccc2)ns1. The van der Waals surface area contributed by atoms with E-state index in [0.29, 0.717) is 0 Å². The summed E-state index contributed by atoms with van der Waals surface area (Å²) in [5.74, 6) is 0.958. The molecular formula is C23H35N5OS. The van der Waals surface area contributed by atoms with Crippen LogP contribution in [0.4, 0.5) is 5.13 Å². The quantitative estimate of drug-likeness (QED) is 0.590. The molecule has 30 heavy (non-hydrogen) atoms. The molecule has 1 N–H and O–H groups in total. The summed E-state index contributed by atoms with van der Waals surface area (Å²) in [6, 6.07) is 10.3. The lowest BCUT2D eigenvalue weighted by atomic mass is 10.1. The van der Waals surface area contributed by atoms with Crippen molar-refractivity contribution in [3.8, 4) is 0 Å². The number of nitrogens with one attached hydrogen (secondary N) is 1. The molecular weight excluding hydrogens is 394 g/mol. The fraction of sp³-hybridized carbons (Fsp3) is 0.609. The molecule has 2 heterocycles. The second-order valence-corrected chi connectivity index (χ2v) is 8.82. The number of hydrogen-bond donors (Lipinski definition) is 1. The first kappa shape index (κ1) is 22.7. The monoisotopic (exact) mass is 429 g/mol. The maximum Gasteiger partial charge on any atom is 0.242 e. The molecule has 1 amide bonds. The van der Waals surface area contributed by atoms with Crippen LogP contribution >= 0.6 is 11.5 Å². The largest absolute Gasteiger partial charge is 0.352 e. The van der Waals surface area contributed by atoms with E-state index in [2.05, 4.69) is 52.4 Å². The van der Waals surface area contributed by atoms with Crippen molar-refractivity contribution in [2.45, 2.75) is 65.0 Å². The Hall–Kier alpha value is -1.99. The number of amides is 1. The molecule has 1 aliphatic rings. The molecule has 1 aromatic heterocycles. The minimum absolute atomic E-state index is 0.127. The molecule has 164 valence electrons. The lowest BCUT2D eigenvalue weighted by molar-refractivity contribution is -0.122. The van der Waals surface area contributed by atoms with E-state index in [-0.39, 0.29) is 18.0 Å². The molecule has 2 aromatic rings. The van der Waals surface area contributed by atoms with Crippen LogP contribution in [-0.2, 0) is 11.2 Å². The molecule has 2 atom stereocenters. The number of carbonyl (C=O) groups is 1. The van der Waals surface area contributed by atoms with Gasteiger partial charge in [-0.15, -0.1) is 0 Å². The van der Waals surface area contributed by atoms with Gasteiger partial charge in [-0.25, -0.2) is 4.98 Å². The topological polar surface area (TPSA) is 61.4 Å². The summed E-state index contributed by atoms with van der Waals surface area (Å²) in [6.45, 7) is 10.6. The van der Waals surface area contributed by atoms with Crippen LogP contribution in [0.25, 0.3) is 0 Å². The molecule has 0 aliphatic carbocycles. The number of anilines is 1. The van der Waals surface area contributed by atoms with Gasteiger partial charge < -0.3 is 15.1 Å². The molecule has 3 rings (SSSR count). The highest BCUT2D eigenvalue weighted by molar-refractivity contribution is 7.09. The average molecular weight is 430 g/mol. The fourth-order valence-corrected chi connectivity index (χ4v) is 4.81. The summed E-state index contributed by atoms with van der Waals surface area (Å²) in [7, 11) is 0. The third kappa shape index (κ3) is 6.25. The Bertz CT molecular complexity index is 777. The van der Waals surface area contributed by atoms with Crippen LogP contribution in [-0.4, -0.2) is 58.4 Å². The molecule has 6 nitrogen and oxygen atoms in total. The first-order valence-corrected chi connectivity index (χ1v) is 12.0.